The van der Waals surface area contributed by atoms with Crippen molar-refractivity contribution >= 4 is 11.6 Å². The lowest BCUT2D eigenvalue weighted by Crippen LogP contribution is -2.43. The predicted octanol–water partition coefficient (Wildman–Crippen LogP) is 2.48. The van der Waals surface area contributed by atoms with Crippen molar-refractivity contribution in [2.45, 2.75) is 25.9 Å². The average molecular weight is 281 g/mol. The quantitative estimate of drug-likeness (QED) is 0.874. The van der Waals surface area contributed by atoms with Gasteiger partial charge in [-0.25, -0.2) is 0 Å². The molecule has 3 nitrogen and oxygen atoms in total. The number of likely N-dealkylation sites (tertiary alicyclic amines) is 1. The molecular formula is C15H21ClN2O. The van der Waals surface area contributed by atoms with Crippen LogP contribution in [-0.2, 0) is 6.54 Å². The Morgan fingerprint density at radius 3 is 2.89 bits per heavy atom. The zero-order valence-corrected chi connectivity index (χ0v) is 12.2. The molecule has 3 rings (SSSR count). The van der Waals surface area contributed by atoms with Crippen molar-refractivity contribution in [2.24, 2.45) is 11.8 Å². The molecule has 0 bridgehead atoms. The number of phenols is 1. The maximum absolute atomic E-state index is 9.48. The third-order valence-corrected chi connectivity index (χ3v) is 5.21. The normalized spacial score (nSPS) is 29.6. The van der Waals surface area contributed by atoms with Crippen LogP contribution in [0.1, 0.15) is 19.4 Å². The van der Waals surface area contributed by atoms with E-state index in [4.69, 9.17) is 11.6 Å². The van der Waals surface area contributed by atoms with Crippen LogP contribution in [0.4, 0.5) is 0 Å². The Balaban J connectivity index is 1.78. The Kier molecular flexibility index (Phi) is 3.24. The molecule has 2 aliphatic rings. The van der Waals surface area contributed by atoms with E-state index < -0.39 is 0 Å². The highest BCUT2D eigenvalue weighted by atomic mass is 35.5. The molecule has 104 valence electrons. The number of hydrogen-bond acceptors (Lipinski definition) is 3. The topological polar surface area (TPSA) is 35.5 Å². The molecule has 1 aromatic carbocycles. The van der Waals surface area contributed by atoms with Crippen molar-refractivity contribution in [3.05, 3.63) is 28.8 Å². The number of aromatic hydroxyl groups is 1. The molecule has 2 aliphatic heterocycles. The van der Waals surface area contributed by atoms with Gasteiger partial charge in [0, 0.05) is 25.2 Å². The summed E-state index contributed by atoms with van der Waals surface area (Å²) in [7, 11) is 0. The lowest BCUT2D eigenvalue weighted by atomic mass is 9.85. The van der Waals surface area contributed by atoms with E-state index in [-0.39, 0.29) is 11.3 Å². The molecule has 2 saturated heterocycles. The fourth-order valence-corrected chi connectivity index (χ4v) is 3.84. The number of nitrogens with one attached hydrogen (secondary N) is 1. The van der Waals surface area contributed by atoms with Gasteiger partial charge >= 0.3 is 0 Å². The van der Waals surface area contributed by atoms with Crippen LogP contribution in [-0.4, -0.2) is 35.2 Å². The summed E-state index contributed by atoms with van der Waals surface area (Å²) in [4.78, 5) is 2.55. The summed E-state index contributed by atoms with van der Waals surface area (Å²) in [6.07, 6.45) is 0. The molecule has 19 heavy (non-hydrogen) atoms. The van der Waals surface area contributed by atoms with E-state index in [1.807, 2.05) is 12.1 Å². The molecule has 2 unspecified atom stereocenters. The molecule has 4 heteroatoms. The first-order chi connectivity index (χ1) is 8.98. The van der Waals surface area contributed by atoms with Crippen molar-refractivity contribution in [1.82, 2.24) is 10.2 Å². The highest BCUT2D eigenvalue weighted by Gasteiger charge is 2.49. The van der Waals surface area contributed by atoms with Crippen LogP contribution >= 0.6 is 11.6 Å². The summed E-state index contributed by atoms with van der Waals surface area (Å²) in [6, 6.07) is 5.52. The smallest absolute Gasteiger partial charge is 0.134 e. The van der Waals surface area contributed by atoms with Gasteiger partial charge in [0.15, 0.2) is 0 Å². The Morgan fingerprint density at radius 1 is 1.42 bits per heavy atom. The minimum absolute atomic E-state index is 0.159. The zero-order valence-electron chi connectivity index (χ0n) is 11.5. The van der Waals surface area contributed by atoms with Crippen LogP contribution in [0.25, 0.3) is 0 Å². The van der Waals surface area contributed by atoms with Crippen molar-refractivity contribution in [3.8, 4) is 5.75 Å². The summed E-state index contributed by atoms with van der Waals surface area (Å²) in [6.45, 7) is 8.99. The third kappa shape index (κ3) is 2.24. The number of halogens is 1. The number of rotatable bonds is 2. The monoisotopic (exact) mass is 280 g/mol. The SMILES string of the molecule is CC1(C)C2CNCC2CN1Cc1ccc(O)c(Cl)c1. The molecule has 0 aromatic heterocycles. The van der Waals surface area contributed by atoms with Crippen molar-refractivity contribution in [1.29, 1.82) is 0 Å². The average Bonchev–Trinajstić information content (AvgIpc) is 2.89. The maximum atomic E-state index is 9.48. The van der Waals surface area contributed by atoms with E-state index in [1.54, 1.807) is 6.07 Å². The van der Waals surface area contributed by atoms with Gasteiger partial charge in [-0.3, -0.25) is 4.90 Å². The van der Waals surface area contributed by atoms with E-state index in [0.29, 0.717) is 5.02 Å². The first kappa shape index (κ1) is 13.2. The third-order valence-electron chi connectivity index (χ3n) is 4.90. The van der Waals surface area contributed by atoms with Crippen LogP contribution in [0.3, 0.4) is 0 Å². The summed E-state index contributed by atoms with van der Waals surface area (Å²) in [5.74, 6) is 1.66. The van der Waals surface area contributed by atoms with E-state index in [1.165, 1.54) is 5.56 Å². The molecule has 1 aromatic rings. The highest BCUT2D eigenvalue weighted by Crippen LogP contribution is 2.41. The Hall–Kier alpha value is -0.770. The standard InChI is InChI=1S/C15H21ClN2O/c1-15(2)12-7-17-6-11(12)9-18(15)8-10-3-4-14(19)13(16)5-10/h3-5,11-12,17,19H,6-9H2,1-2H3. The lowest BCUT2D eigenvalue weighted by molar-refractivity contribution is 0.132. The van der Waals surface area contributed by atoms with Crippen molar-refractivity contribution in [3.63, 3.8) is 0 Å². The fraction of sp³-hybridized carbons (Fsp3) is 0.600. The molecule has 2 fully saturated rings. The van der Waals surface area contributed by atoms with Gasteiger partial charge in [-0.15, -0.1) is 0 Å². The van der Waals surface area contributed by atoms with Gasteiger partial charge in [-0.2, -0.15) is 0 Å². The fourth-order valence-electron chi connectivity index (χ4n) is 3.64. The molecule has 2 atom stereocenters. The first-order valence-electron chi connectivity index (χ1n) is 6.91. The largest absolute Gasteiger partial charge is 0.506 e. The summed E-state index contributed by atoms with van der Waals surface area (Å²) < 4.78 is 0. The van der Waals surface area contributed by atoms with E-state index in [0.717, 1.165) is 38.0 Å². The Bertz CT molecular complexity index is 489. The van der Waals surface area contributed by atoms with Gasteiger partial charge in [-0.05, 0) is 49.9 Å². The molecule has 0 radical (unpaired) electrons. The van der Waals surface area contributed by atoms with E-state index >= 15 is 0 Å². The van der Waals surface area contributed by atoms with E-state index in [9.17, 15) is 5.11 Å². The Labute approximate surface area is 119 Å². The van der Waals surface area contributed by atoms with Crippen molar-refractivity contribution < 1.29 is 5.11 Å². The van der Waals surface area contributed by atoms with Gasteiger partial charge in [0.05, 0.1) is 5.02 Å². The second-order valence-electron chi connectivity index (χ2n) is 6.34. The van der Waals surface area contributed by atoms with Gasteiger partial charge in [-0.1, -0.05) is 17.7 Å². The second-order valence-corrected chi connectivity index (χ2v) is 6.75. The minimum atomic E-state index is 0.159. The van der Waals surface area contributed by atoms with Gasteiger partial charge in [0.25, 0.3) is 0 Å². The maximum Gasteiger partial charge on any atom is 0.134 e. The molecule has 2 heterocycles. The molecule has 0 amide bonds. The molecule has 0 saturated carbocycles. The second kappa shape index (κ2) is 4.65. The van der Waals surface area contributed by atoms with Crippen LogP contribution < -0.4 is 5.32 Å². The van der Waals surface area contributed by atoms with Crippen LogP contribution in [0.2, 0.25) is 5.02 Å². The summed E-state index contributed by atoms with van der Waals surface area (Å²) in [5.41, 5.74) is 1.39. The predicted molar refractivity (Wildman–Crippen MR) is 77.5 cm³/mol. The number of benzene rings is 1. The molecular weight excluding hydrogens is 260 g/mol. The van der Waals surface area contributed by atoms with Crippen LogP contribution in [0.15, 0.2) is 18.2 Å². The van der Waals surface area contributed by atoms with Gasteiger partial charge < -0.3 is 10.4 Å². The van der Waals surface area contributed by atoms with Crippen molar-refractivity contribution in [2.75, 3.05) is 19.6 Å². The van der Waals surface area contributed by atoms with E-state index in [2.05, 4.69) is 24.1 Å². The first-order valence-corrected chi connectivity index (χ1v) is 7.29. The van der Waals surface area contributed by atoms with Crippen LogP contribution in [0.5, 0.6) is 5.75 Å². The molecule has 0 aliphatic carbocycles. The molecule has 2 N–H and O–H groups in total. The van der Waals surface area contributed by atoms with Gasteiger partial charge in [0.2, 0.25) is 0 Å². The highest BCUT2D eigenvalue weighted by molar-refractivity contribution is 6.32. The number of fused-ring (bicyclic) bond motifs is 1. The Morgan fingerprint density at radius 2 is 2.21 bits per heavy atom. The summed E-state index contributed by atoms with van der Waals surface area (Å²) in [5, 5.41) is 13.4. The number of hydrogen-bond donors (Lipinski definition) is 2. The summed E-state index contributed by atoms with van der Waals surface area (Å²) >= 11 is 5.99. The lowest BCUT2D eigenvalue weighted by Gasteiger charge is -2.35. The van der Waals surface area contributed by atoms with Gasteiger partial charge in [0.1, 0.15) is 5.75 Å². The number of nitrogens with zero attached hydrogens (tertiary/aromatic N) is 1. The molecule has 0 spiro atoms. The minimum Gasteiger partial charge on any atom is -0.506 e. The van der Waals surface area contributed by atoms with Crippen LogP contribution in [0, 0.1) is 11.8 Å². The zero-order chi connectivity index (χ0) is 13.6. The number of phenolic OH excluding ortho intramolecular Hbond substituents is 1.